The molecule has 2 aromatic carbocycles. The minimum atomic E-state index is -0.0663. The van der Waals surface area contributed by atoms with Gasteiger partial charge in [-0.05, 0) is 37.3 Å². The van der Waals surface area contributed by atoms with Gasteiger partial charge in [0, 0.05) is 28.1 Å². The van der Waals surface area contributed by atoms with Crippen molar-refractivity contribution < 1.29 is 14.6 Å². The van der Waals surface area contributed by atoms with Crippen molar-refractivity contribution in [2.24, 2.45) is 10.1 Å². The van der Waals surface area contributed by atoms with Gasteiger partial charge in [-0.15, -0.1) is 11.3 Å². The average molecular weight is 452 g/mol. The molecule has 29 heavy (non-hydrogen) atoms. The zero-order valence-electron chi connectivity index (χ0n) is 16.0. The first-order chi connectivity index (χ1) is 14.0. The van der Waals surface area contributed by atoms with Crippen molar-refractivity contribution >= 4 is 40.8 Å². The molecule has 0 bridgehead atoms. The predicted molar refractivity (Wildman–Crippen MR) is 118 cm³/mol. The summed E-state index contributed by atoms with van der Waals surface area (Å²) in [7, 11) is 2.95. The minimum Gasteiger partial charge on any atom is -0.502 e. The number of phenols is 1. The topological polar surface area (TPSA) is 68.3 Å². The van der Waals surface area contributed by atoms with Gasteiger partial charge >= 0.3 is 0 Å². The molecule has 0 saturated carbocycles. The highest BCUT2D eigenvalue weighted by Crippen LogP contribution is 2.36. The van der Waals surface area contributed by atoms with E-state index in [1.807, 2.05) is 12.3 Å². The van der Waals surface area contributed by atoms with Gasteiger partial charge in [0.25, 0.3) is 0 Å². The number of phenolic OH excluding ortho intramolecular Hbond substituents is 1. The van der Waals surface area contributed by atoms with Gasteiger partial charge in [-0.3, -0.25) is 4.99 Å². The lowest BCUT2D eigenvalue weighted by Crippen LogP contribution is -2.12. The van der Waals surface area contributed by atoms with Crippen LogP contribution in [0.25, 0.3) is 11.3 Å². The predicted octanol–water partition coefficient (Wildman–Crippen LogP) is 5.05. The van der Waals surface area contributed by atoms with Crippen LogP contribution in [0, 0.1) is 0 Å². The third-order valence-corrected chi connectivity index (χ3v) is 5.43. The summed E-state index contributed by atoms with van der Waals surface area (Å²) < 4.78 is 12.1. The molecule has 0 fully saturated rings. The molecule has 0 aliphatic rings. The highest BCUT2D eigenvalue weighted by atomic mass is 35.5. The molecule has 0 radical (unpaired) electrons. The summed E-state index contributed by atoms with van der Waals surface area (Å²) in [6, 6.07) is 8.60. The van der Waals surface area contributed by atoms with Crippen molar-refractivity contribution in [2.45, 2.75) is 6.92 Å². The fourth-order valence-corrected chi connectivity index (χ4v) is 3.93. The summed E-state index contributed by atoms with van der Waals surface area (Å²) in [4.78, 5) is 5.22. The van der Waals surface area contributed by atoms with Crippen LogP contribution in [0.2, 0.25) is 10.0 Å². The van der Waals surface area contributed by atoms with Gasteiger partial charge in [0.2, 0.25) is 10.6 Å². The van der Waals surface area contributed by atoms with Gasteiger partial charge in [0.15, 0.2) is 11.5 Å². The van der Waals surface area contributed by atoms with Gasteiger partial charge in [0.1, 0.15) is 0 Å². The lowest BCUT2D eigenvalue weighted by atomic mass is 10.2. The second-order valence-electron chi connectivity index (χ2n) is 5.83. The highest BCUT2D eigenvalue weighted by Gasteiger charge is 2.13. The van der Waals surface area contributed by atoms with E-state index in [-0.39, 0.29) is 17.2 Å². The number of rotatable bonds is 6. The average Bonchev–Trinajstić information content (AvgIpc) is 3.11. The van der Waals surface area contributed by atoms with Crippen molar-refractivity contribution in [1.29, 1.82) is 0 Å². The number of ether oxygens (including phenoxy) is 2. The number of aromatic hydroxyl groups is 1. The van der Waals surface area contributed by atoms with Crippen LogP contribution >= 0.6 is 34.5 Å². The van der Waals surface area contributed by atoms with Gasteiger partial charge in [-0.1, -0.05) is 23.2 Å². The number of hydrogen-bond donors (Lipinski definition) is 1. The molecule has 0 amide bonds. The van der Waals surface area contributed by atoms with Gasteiger partial charge < -0.3 is 14.6 Å². The second kappa shape index (κ2) is 9.35. The number of benzene rings is 2. The van der Waals surface area contributed by atoms with Gasteiger partial charge in [-0.2, -0.15) is 5.10 Å². The Balaban J connectivity index is 2.13. The molecule has 152 valence electrons. The normalized spacial score (nSPS) is 12.0. The molecule has 3 aromatic rings. The maximum absolute atomic E-state index is 10.1. The summed E-state index contributed by atoms with van der Waals surface area (Å²) in [5.41, 5.74) is 2.20. The van der Waals surface area contributed by atoms with Gasteiger partial charge in [-0.25, -0.2) is 4.68 Å². The standard InChI is InChI=1S/C20H19Cl2N3O3S/c1-4-23-20-25(16(11-29-20)14-9-13(21)5-6-15(14)22)24-10-12-7-17(27-2)19(26)18(8-12)28-3/h5-11,26H,4H2,1-3H3. The Labute approximate surface area is 182 Å². The number of nitrogens with zero attached hydrogens (tertiary/aromatic N) is 3. The Morgan fingerprint density at radius 1 is 1.14 bits per heavy atom. The first kappa shape index (κ1) is 21.2. The molecule has 0 aliphatic carbocycles. The third-order valence-electron chi connectivity index (χ3n) is 4.01. The summed E-state index contributed by atoms with van der Waals surface area (Å²) in [6.07, 6.45) is 1.63. The maximum Gasteiger partial charge on any atom is 0.206 e. The molecule has 0 aliphatic heterocycles. The fourth-order valence-electron chi connectivity index (χ4n) is 2.65. The lowest BCUT2D eigenvalue weighted by Gasteiger charge is -2.09. The van der Waals surface area contributed by atoms with Crippen LogP contribution in [0.4, 0.5) is 0 Å². The van der Waals surface area contributed by atoms with Crippen LogP contribution in [0.15, 0.2) is 45.8 Å². The third kappa shape index (κ3) is 4.58. The second-order valence-corrected chi connectivity index (χ2v) is 7.51. The monoisotopic (exact) mass is 451 g/mol. The summed E-state index contributed by atoms with van der Waals surface area (Å²) in [6.45, 7) is 2.56. The van der Waals surface area contributed by atoms with E-state index < -0.39 is 0 Å². The molecule has 0 spiro atoms. The smallest absolute Gasteiger partial charge is 0.206 e. The summed E-state index contributed by atoms with van der Waals surface area (Å²) in [5, 5.41) is 17.8. The number of methoxy groups -OCH3 is 2. The van der Waals surface area contributed by atoms with Gasteiger partial charge in [0.05, 0.1) is 31.2 Å². The molecule has 9 heteroatoms. The largest absolute Gasteiger partial charge is 0.502 e. The highest BCUT2D eigenvalue weighted by molar-refractivity contribution is 7.07. The first-order valence-electron chi connectivity index (χ1n) is 8.64. The molecule has 6 nitrogen and oxygen atoms in total. The van der Waals surface area contributed by atoms with E-state index in [1.165, 1.54) is 25.6 Å². The molecule has 0 atom stereocenters. The van der Waals surface area contributed by atoms with E-state index in [1.54, 1.807) is 41.2 Å². The zero-order valence-corrected chi connectivity index (χ0v) is 18.3. The van der Waals surface area contributed by atoms with E-state index in [0.29, 0.717) is 27.0 Å². The maximum atomic E-state index is 10.1. The van der Waals surface area contributed by atoms with Crippen molar-refractivity contribution in [3.63, 3.8) is 0 Å². The molecule has 1 heterocycles. The quantitative estimate of drug-likeness (QED) is 0.533. The van der Waals surface area contributed by atoms with Crippen molar-refractivity contribution in [3.05, 3.63) is 56.1 Å². The molecule has 0 unspecified atom stereocenters. The van der Waals surface area contributed by atoms with Crippen molar-refractivity contribution in [3.8, 4) is 28.5 Å². The Morgan fingerprint density at radius 3 is 2.45 bits per heavy atom. The summed E-state index contributed by atoms with van der Waals surface area (Å²) in [5.74, 6) is 0.513. The lowest BCUT2D eigenvalue weighted by molar-refractivity contribution is 0.340. The van der Waals surface area contributed by atoms with E-state index >= 15 is 0 Å². The zero-order chi connectivity index (χ0) is 21.0. The Bertz CT molecular complexity index is 1100. The Hall–Kier alpha value is -2.48. The Morgan fingerprint density at radius 2 is 1.83 bits per heavy atom. The van der Waals surface area contributed by atoms with Crippen LogP contribution in [0.5, 0.6) is 17.2 Å². The van der Waals surface area contributed by atoms with E-state index in [0.717, 1.165) is 11.3 Å². The van der Waals surface area contributed by atoms with Crippen LogP contribution in [0.1, 0.15) is 12.5 Å². The fraction of sp³-hybridized carbons (Fsp3) is 0.200. The van der Waals surface area contributed by atoms with Crippen molar-refractivity contribution in [1.82, 2.24) is 4.68 Å². The van der Waals surface area contributed by atoms with Crippen LogP contribution in [-0.4, -0.2) is 36.8 Å². The molecule has 3 rings (SSSR count). The van der Waals surface area contributed by atoms with E-state index in [9.17, 15) is 5.11 Å². The number of hydrogen-bond acceptors (Lipinski definition) is 6. The van der Waals surface area contributed by atoms with E-state index in [2.05, 4.69) is 10.1 Å². The molecular formula is C20H19Cl2N3O3S. The first-order valence-corrected chi connectivity index (χ1v) is 10.3. The van der Waals surface area contributed by atoms with Crippen LogP contribution < -0.4 is 14.3 Å². The molecular weight excluding hydrogens is 433 g/mol. The molecule has 0 saturated heterocycles. The van der Waals surface area contributed by atoms with E-state index in [4.69, 9.17) is 32.7 Å². The SMILES string of the molecule is CCN=c1scc(-c2cc(Cl)ccc2Cl)n1N=Cc1cc(OC)c(O)c(OC)c1. The van der Waals surface area contributed by atoms with Crippen LogP contribution in [0.3, 0.4) is 0 Å². The molecule has 1 aromatic heterocycles. The number of aromatic nitrogens is 1. The number of halogens is 2. The minimum absolute atomic E-state index is 0.0663. The van der Waals surface area contributed by atoms with Crippen LogP contribution in [-0.2, 0) is 0 Å². The molecule has 1 N–H and O–H groups in total. The Kier molecular flexibility index (Phi) is 6.84. The van der Waals surface area contributed by atoms with Crippen molar-refractivity contribution in [2.75, 3.05) is 20.8 Å². The summed E-state index contributed by atoms with van der Waals surface area (Å²) >= 11 is 14.0. The number of thiazole rings is 1.